The van der Waals surface area contributed by atoms with Crippen LogP contribution in [-0.2, 0) is 0 Å². The second kappa shape index (κ2) is 4.85. The summed E-state index contributed by atoms with van der Waals surface area (Å²) in [5, 5.41) is 6.69. The van der Waals surface area contributed by atoms with Crippen molar-refractivity contribution in [3.63, 3.8) is 0 Å². The van der Waals surface area contributed by atoms with Crippen LogP contribution in [0.4, 0.5) is 5.69 Å². The van der Waals surface area contributed by atoms with E-state index in [1.165, 1.54) is 0 Å². The topological polar surface area (TPSA) is 44.4 Å². The number of rotatable bonds is 0. The van der Waals surface area contributed by atoms with Gasteiger partial charge in [-0.3, -0.25) is 4.79 Å². The van der Waals surface area contributed by atoms with Crippen LogP contribution in [0.1, 0.15) is 29.3 Å². The number of carbonyl (C=O) groups excluding carboxylic acids is 1. The summed E-state index contributed by atoms with van der Waals surface area (Å²) in [4.78, 5) is 14.8. The zero-order valence-corrected chi connectivity index (χ0v) is 11.6. The molecule has 2 heterocycles. The van der Waals surface area contributed by atoms with E-state index in [2.05, 4.69) is 28.5 Å². The van der Waals surface area contributed by atoms with E-state index in [4.69, 9.17) is 0 Å². The molecule has 0 spiro atoms. The number of nitrogens with zero attached hydrogens (tertiary/aromatic N) is 1. The fourth-order valence-electron chi connectivity index (χ4n) is 3.18. The summed E-state index contributed by atoms with van der Waals surface area (Å²) in [5.74, 6) is 0.0784. The summed E-state index contributed by atoms with van der Waals surface area (Å²) in [5.41, 5.74) is 2.98. The molecule has 1 aromatic rings. The van der Waals surface area contributed by atoms with E-state index < -0.39 is 0 Å². The summed E-state index contributed by atoms with van der Waals surface area (Å²) < 4.78 is 0. The zero-order chi connectivity index (χ0) is 13.4. The fourth-order valence-corrected chi connectivity index (χ4v) is 3.18. The molecule has 0 unspecified atom stereocenters. The van der Waals surface area contributed by atoms with E-state index >= 15 is 0 Å². The Kier molecular flexibility index (Phi) is 3.19. The number of aryl methyl sites for hydroxylation is 1. The van der Waals surface area contributed by atoms with E-state index in [1.807, 2.05) is 19.1 Å². The first-order valence-corrected chi connectivity index (χ1v) is 7.04. The van der Waals surface area contributed by atoms with Crippen molar-refractivity contribution < 1.29 is 4.79 Å². The van der Waals surface area contributed by atoms with Gasteiger partial charge in [-0.25, -0.2) is 0 Å². The van der Waals surface area contributed by atoms with Crippen molar-refractivity contribution in [1.82, 2.24) is 10.6 Å². The summed E-state index contributed by atoms with van der Waals surface area (Å²) in [6.07, 6.45) is 0.981. The average Bonchev–Trinajstić information content (AvgIpc) is 2.47. The molecule has 102 valence electrons. The normalized spacial score (nSPS) is 26.8. The van der Waals surface area contributed by atoms with Crippen LogP contribution in [0.2, 0.25) is 0 Å². The van der Waals surface area contributed by atoms with Gasteiger partial charge in [0.2, 0.25) is 0 Å². The van der Waals surface area contributed by atoms with Crippen LogP contribution in [0.3, 0.4) is 0 Å². The van der Waals surface area contributed by atoms with Gasteiger partial charge in [0, 0.05) is 37.4 Å². The number of nitrogens with one attached hydrogen (secondary N) is 2. The van der Waals surface area contributed by atoms with Gasteiger partial charge in [0.15, 0.2) is 0 Å². The van der Waals surface area contributed by atoms with Crippen LogP contribution in [0.15, 0.2) is 18.2 Å². The average molecular weight is 259 g/mol. The van der Waals surface area contributed by atoms with Gasteiger partial charge in [-0.2, -0.15) is 0 Å². The number of hydrogen-bond donors (Lipinski definition) is 2. The summed E-state index contributed by atoms with van der Waals surface area (Å²) in [6.45, 7) is 7.03. The molecule has 2 bridgehead atoms. The molecule has 4 heteroatoms. The molecule has 4 nitrogen and oxygen atoms in total. The lowest BCUT2D eigenvalue weighted by molar-refractivity contribution is 0.0938. The molecule has 2 aliphatic rings. The summed E-state index contributed by atoms with van der Waals surface area (Å²) in [7, 11) is 0. The van der Waals surface area contributed by atoms with E-state index in [-0.39, 0.29) is 11.9 Å². The van der Waals surface area contributed by atoms with Crippen molar-refractivity contribution in [2.75, 3.05) is 24.5 Å². The lowest BCUT2D eigenvalue weighted by Crippen LogP contribution is -2.49. The van der Waals surface area contributed by atoms with Crippen LogP contribution in [0.5, 0.6) is 0 Å². The highest BCUT2D eigenvalue weighted by atomic mass is 16.1. The first-order chi connectivity index (χ1) is 9.15. The van der Waals surface area contributed by atoms with Crippen LogP contribution in [-0.4, -0.2) is 37.6 Å². The third kappa shape index (κ3) is 2.32. The maximum atomic E-state index is 12.4. The van der Waals surface area contributed by atoms with Gasteiger partial charge in [-0.1, -0.05) is 12.1 Å². The van der Waals surface area contributed by atoms with Crippen LogP contribution in [0.25, 0.3) is 0 Å². The number of anilines is 1. The molecular weight excluding hydrogens is 238 g/mol. The van der Waals surface area contributed by atoms with Crippen molar-refractivity contribution in [2.45, 2.75) is 32.4 Å². The fraction of sp³-hybridized carbons (Fsp3) is 0.533. The summed E-state index contributed by atoms with van der Waals surface area (Å²) >= 11 is 0. The SMILES string of the molecule is Cc1cccc2c1C(=O)N[C@@H]1C[C@H](C)NCCN2C1. The Morgan fingerprint density at radius 1 is 1.37 bits per heavy atom. The van der Waals surface area contributed by atoms with Crippen LogP contribution < -0.4 is 15.5 Å². The number of benzene rings is 1. The van der Waals surface area contributed by atoms with Gasteiger partial charge >= 0.3 is 0 Å². The highest BCUT2D eigenvalue weighted by Crippen LogP contribution is 2.27. The lowest BCUT2D eigenvalue weighted by atomic mass is 10.1. The molecular formula is C15H21N3O. The van der Waals surface area contributed by atoms with E-state index in [0.29, 0.717) is 6.04 Å². The summed E-state index contributed by atoms with van der Waals surface area (Å²) in [6, 6.07) is 6.79. The number of amides is 1. The molecule has 0 saturated carbocycles. The third-order valence-electron chi connectivity index (χ3n) is 4.11. The van der Waals surface area contributed by atoms with Crippen molar-refractivity contribution in [2.24, 2.45) is 0 Å². The quantitative estimate of drug-likeness (QED) is 0.738. The Labute approximate surface area is 114 Å². The zero-order valence-electron chi connectivity index (χ0n) is 11.6. The van der Waals surface area contributed by atoms with Crippen LogP contribution in [0, 0.1) is 6.92 Å². The Balaban J connectivity index is 2.03. The Bertz CT molecular complexity index is 500. The van der Waals surface area contributed by atoms with E-state index in [1.54, 1.807) is 0 Å². The predicted octanol–water partition coefficient (Wildman–Crippen LogP) is 1.30. The Morgan fingerprint density at radius 3 is 3.05 bits per heavy atom. The molecule has 1 aromatic carbocycles. The van der Waals surface area contributed by atoms with Gasteiger partial charge in [-0.05, 0) is 31.9 Å². The maximum Gasteiger partial charge on any atom is 0.253 e. The Hall–Kier alpha value is -1.55. The molecule has 0 aliphatic carbocycles. The molecule has 0 aromatic heterocycles. The molecule has 19 heavy (non-hydrogen) atoms. The second-order valence-electron chi connectivity index (χ2n) is 5.68. The van der Waals surface area contributed by atoms with Crippen molar-refractivity contribution >= 4 is 11.6 Å². The minimum atomic E-state index is 0.0784. The second-order valence-corrected chi connectivity index (χ2v) is 5.68. The smallest absolute Gasteiger partial charge is 0.253 e. The number of hydrogen-bond acceptors (Lipinski definition) is 3. The maximum absolute atomic E-state index is 12.4. The molecule has 0 radical (unpaired) electrons. The molecule has 1 saturated heterocycles. The highest BCUT2D eigenvalue weighted by molar-refractivity contribution is 6.02. The van der Waals surface area contributed by atoms with E-state index in [0.717, 1.165) is 42.9 Å². The molecule has 1 fully saturated rings. The van der Waals surface area contributed by atoms with Gasteiger partial charge < -0.3 is 15.5 Å². The molecule has 2 atom stereocenters. The van der Waals surface area contributed by atoms with Crippen molar-refractivity contribution in [3.05, 3.63) is 29.3 Å². The molecule has 2 aliphatic heterocycles. The molecule has 3 rings (SSSR count). The number of carbonyl (C=O) groups is 1. The first kappa shape index (κ1) is 12.5. The van der Waals surface area contributed by atoms with E-state index in [9.17, 15) is 4.79 Å². The first-order valence-electron chi connectivity index (χ1n) is 7.04. The van der Waals surface area contributed by atoms with Crippen molar-refractivity contribution in [3.8, 4) is 0 Å². The number of fused-ring (bicyclic) bond motifs is 4. The highest BCUT2D eigenvalue weighted by Gasteiger charge is 2.29. The molecule has 1 amide bonds. The third-order valence-corrected chi connectivity index (χ3v) is 4.11. The van der Waals surface area contributed by atoms with Gasteiger partial charge in [0.1, 0.15) is 0 Å². The largest absolute Gasteiger partial charge is 0.368 e. The van der Waals surface area contributed by atoms with Gasteiger partial charge in [0.25, 0.3) is 5.91 Å². The van der Waals surface area contributed by atoms with Gasteiger partial charge in [-0.15, -0.1) is 0 Å². The lowest BCUT2D eigenvalue weighted by Gasteiger charge is -2.32. The van der Waals surface area contributed by atoms with Gasteiger partial charge in [0.05, 0.1) is 5.56 Å². The van der Waals surface area contributed by atoms with Crippen LogP contribution >= 0.6 is 0 Å². The predicted molar refractivity (Wildman–Crippen MR) is 76.7 cm³/mol. The standard InChI is InChI=1S/C15H21N3O/c1-10-4-3-5-13-14(10)15(19)17-12-8-11(2)16-6-7-18(13)9-12/h3-5,11-12,16H,6-9H2,1-2H3,(H,17,19)/t11-,12+/m0/s1. The monoisotopic (exact) mass is 259 g/mol. The minimum absolute atomic E-state index is 0.0784. The van der Waals surface area contributed by atoms with Crippen molar-refractivity contribution in [1.29, 1.82) is 0 Å². The molecule has 2 N–H and O–H groups in total. The Morgan fingerprint density at radius 2 is 2.21 bits per heavy atom. The minimum Gasteiger partial charge on any atom is -0.368 e.